The molecule has 0 radical (unpaired) electrons. The number of H-pyrrole nitrogens is 1. The molecule has 1 atom stereocenters. The fourth-order valence-corrected chi connectivity index (χ4v) is 5.05. The van der Waals surface area contributed by atoms with Gasteiger partial charge in [0.25, 0.3) is 5.91 Å². The van der Waals surface area contributed by atoms with Gasteiger partial charge in [0.05, 0.1) is 28.7 Å². The number of fused-ring (bicyclic) bond motifs is 1. The minimum atomic E-state index is -0.452. The Morgan fingerprint density at radius 3 is 2.95 bits per heavy atom. The molecule has 2 aliphatic rings. The Kier molecular flexibility index (Phi) is 6.45. The van der Waals surface area contributed by atoms with E-state index < -0.39 is 5.54 Å². The van der Waals surface area contributed by atoms with Crippen LogP contribution in [0.3, 0.4) is 0 Å². The summed E-state index contributed by atoms with van der Waals surface area (Å²) in [5.41, 5.74) is 3.91. The Bertz CT molecular complexity index is 1380. The number of rotatable bonds is 8. The van der Waals surface area contributed by atoms with E-state index >= 15 is 0 Å². The van der Waals surface area contributed by atoms with E-state index in [1.165, 1.54) is 12.1 Å². The van der Waals surface area contributed by atoms with Gasteiger partial charge >= 0.3 is 0 Å². The summed E-state index contributed by atoms with van der Waals surface area (Å²) in [5.74, 6) is -0.111. The van der Waals surface area contributed by atoms with Gasteiger partial charge in [0.2, 0.25) is 5.91 Å². The molecule has 0 spiro atoms. The maximum atomic E-state index is 14.6. The number of nitrogens with one attached hydrogen (secondary N) is 3. The molecular formula is C28H30FN5O3. The van der Waals surface area contributed by atoms with Crippen LogP contribution in [0.5, 0.6) is 5.75 Å². The van der Waals surface area contributed by atoms with Crippen molar-refractivity contribution in [2.24, 2.45) is 0 Å². The fraction of sp³-hybridized carbons (Fsp3) is 0.321. The summed E-state index contributed by atoms with van der Waals surface area (Å²) in [6, 6.07) is 6.70. The highest BCUT2D eigenvalue weighted by Crippen LogP contribution is 2.41. The minimum Gasteiger partial charge on any atom is -0.489 e. The second-order valence-electron chi connectivity index (χ2n) is 9.58. The first-order chi connectivity index (χ1) is 17.9. The number of halogens is 1. The van der Waals surface area contributed by atoms with Gasteiger partial charge < -0.3 is 25.3 Å². The predicted molar refractivity (Wildman–Crippen MR) is 140 cm³/mol. The Morgan fingerprint density at radius 1 is 1.38 bits per heavy atom. The van der Waals surface area contributed by atoms with Crippen LogP contribution in [-0.2, 0) is 17.6 Å². The number of carbonyl (C=O) groups excluding carboxylic acids is 2. The average molecular weight is 504 g/mol. The van der Waals surface area contributed by atoms with E-state index in [2.05, 4.69) is 27.2 Å². The number of amides is 2. The lowest BCUT2D eigenvalue weighted by atomic mass is 9.87. The van der Waals surface area contributed by atoms with Crippen molar-refractivity contribution in [3.63, 3.8) is 0 Å². The van der Waals surface area contributed by atoms with E-state index in [1.807, 2.05) is 19.9 Å². The first-order valence-corrected chi connectivity index (χ1v) is 12.4. The van der Waals surface area contributed by atoms with E-state index in [4.69, 9.17) is 4.74 Å². The van der Waals surface area contributed by atoms with Crippen LogP contribution < -0.4 is 15.4 Å². The minimum absolute atomic E-state index is 0.125. The number of anilines is 2. The molecule has 37 heavy (non-hydrogen) atoms. The predicted octanol–water partition coefficient (Wildman–Crippen LogP) is 4.36. The molecule has 0 saturated carbocycles. The largest absolute Gasteiger partial charge is 0.489 e. The van der Waals surface area contributed by atoms with Crippen molar-refractivity contribution in [2.75, 3.05) is 25.0 Å². The lowest BCUT2D eigenvalue weighted by molar-refractivity contribution is -0.142. The summed E-state index contributed by atoms with van der Waals surface area (Å²) in [4.78, 5) is 34.6. The molecule has 5 rings (SSSR count). The van der Waals surface area contributed by atoms with Crippen LogP contribution in [-0.4, -0.2) is 51.9 Å². The van der Waals surface area contributed by atoms with Crippen LogP contribution in [0.15, 0.2) is 49.3 Å². The molecule has 0 unspecified atom stereocenters. The van der Waals surface area contributed by atoms with Crippen LogP contribution >= 0.6 is 0 Å². The summed E-state index contributed by atoms with van der Waals surface area (Å²) < 4.78 is 20.8. The monoisotopic (exact) mass is 503 g/mol. The molecule has 9 heteroatoms. The number of aromatic amines is 1. The van der Waals surface area contributed by atoms with Crippen LogP contribution in [0.4, 0.5) is 15.8 Å². The lowest BCUT2D eigenvalue weighted by Crippen LogP contribution is -2.62. The van der Waals surface area contributed by atoms with Crippen LogP contribution in [0, 0.1) is 5.82 Å². The molecule has 1 aromatic carbocycles. The van der Waals surface area contributed by atoms with Gasteiger partial charge in [0, 0.05) is 48.2 Å². The number of nitrogens with zero attached hydrogens (tertiary/aromatic N) is 2. The van der Waals surface area contributed by atoms with Gasteiger partial charge in [-0.25, -0.2) is 4.39 Å². The second-order valence-corrected chi connectivity index (χ2v) is 9.58. The standard InChI is InChI=1S/C28H30FN5O3/c1-4-17-19(29)7-6-8-20(17)32-26-24-21(10-13-31-27(24)36)33-25(26)18-9-12-30-15-22(18)37-16-28(3)11-14-34(28)23(35)5-2/h5-9,12,15,32-33H,2,4,10-11,13-14,16H2,1,3H3,(H,31,36)/t28-/m1/s1. The number of carbonyl (C=O) groups is 2. The van der Waals surface area contributed by atoms with Crippen LogP contribution in [0.25, 0.3) is 11.3 Å². The molecule has 3 N–H and O–H groups in total. The van der Waals surface area contributed by atoms with Gasteiger partial charge in [-0.1, -0.05) is 19.6 Å². The summed E-state index contributed by atoms with van der Waals surface area (Å²) in [7, 11) is 0. The molecule has 2 amide bonds. The maximum Gasteiger partial charge on any atom is 0.255 e. The topological polar surface area (TPSA) is 99.3 Å². The van der Waals surface area contributed by atoms with Gasteiger partial charge in [0.1, 0.15) is 18.2 Å². The van der Waals surface area contributed by atoms with E-state index in [1.54, 1.807) is 29.4 Å². The Morgan fingerprint density at radius 2 is 2.22 bits per heavy atom. The molecular weight excluding hydrogens is 473 g/mol. The van der Waals surface area contributed by atoms with Crippen LogP contribution in [0.1, 0.15) is 41.9 Å². The van der Waals surface area contributed by atoms with E-state index in [9.17, 15) is 14.0 Å². The fourth-order valence-electron chi connectivity index (χ4n) is 5.05. The Labute approximate surface area is 214 Å². The van der Waals surface area contributed by atoms with E-state index in [-0.39, 0.29) is 24.2 Å². The first kappa shape index (κ1) is 24.5. The maximum absolute atomic E-state index is 14.6. The molecule has 1 fully saturated rings. The van der Waals surface area contributed by atoms with Gasteiger partial charge in [-0.2, -0.15) is 0 Å². The third-order valence-corrected chi connectivity index (χ3v) is 7.26. The van der Waals surface area contributed by atoms with Gasteiger partial charge in [-0.05, 0) is 44.0 Å². The van der Waals surface area contributed by atoms with Crippen molar-refractivity contribution in [2.45, 2.75) is 38.6 Å². The smallest absolute Gasteiger partial charge is 0.255 e. The van der Waals surface area contributed by atoms with E-state index in [0.717, 1.165) is 12.1 Å². The zero-order valence-electron chi connectivity index (χ0n) is 21.0. The van der Waals surface area contributed by atoms with Crippen molar-refractivity contribution in [1.82, 2.24) is 20.2 Å². The molecule has 8 nitrogen and oxygen atoms in total. The molecule has 192 valence electrons. The first-order valence-electron chi connectivity index (χ1n) is 12.4. The van der Waals surface area contributed by atoms with Gasteiger partial charge in [-0.3, -0.25) is 14.6 Å². The summed E-state index contributed by atoms with van der Waals surface area (Å²) in [6.07, 6.45) is 6.54. The molecule has 0 bridgehead atoms. The van der Waals surface area contributed by atoms with Crippen molar-refractivity contribution in [3.8, 4) is 17.0 Å². The zero-order chi connectivity index (χ0) is 26.2. The van der Waals surface area contributed by atoms with Crippen molar-refractivity contribution in [1.29, 1.82) is 0 Å². The number of pyridine rings is 1. The highest BCUT2D eigenvalue weighted by molar-refractivity contribution is 6.06. The molecule has 0 aliphatic carbocycles. The highest BCUT2D eigenvalue weighted by atomic mass is 19.1. The number of hydrogen-bond acceptors (Lipinski definition) is 5. The molecule has 3 aromatic rings. The quantitative estimate of drug-likeness (QED) is 0.397. The van der Waals surface area contributed by atoms with E-state index in [0.29, 0.717) is 65.4 Å². The van der Waals surface area contributed by atoms with Gasteiger partial charge in [0.15, 0.2) is 0 Å². The van der Waals surface area contributed by atoms with Crippen molar-refractivity contribution < 1.29 is 18.7 Å². The summed E-state index contributed by atoms with van der Waals surface area (Å²) in [5, 5.41) is 6.25. The number of hydrogen-bond donors (Lipinski definition) is 3. The number of likely N-dealkylation sites (tertiary alicyclic amines) is 1. The lowest BCUT2D eigenvalue weighted by Gasteiger charge is -2.49. The highest BCUT2D eigenvalue weighted by Gasteiger charge is 2.43. The van der Waals surface area contributed by atoms with Crippen LogP contribution in [0.2, 0.25) is 0 Å². The summed E-state index contributed by atoms with van der Waals surface area (Å²) in [6.45, 7) is 8.92. The molecule has 1 saturated heterocycles. The molecule has 4 heterocycles. The van der Waals surface area contributed by atoms with Gasteiger partial charge in [-0.15, -0.1) is 0 Å². The molecule has 2 aliphatic heterocycles. The Hall–Kier alpha value is -4.14. The normalized spacial score (nSPS) is 18.5. The SMILES string of the molecule is C=CC(=O)N1CC[C@]1(C)COc1cnccc1-c1[nH]c2c(c1Nc1cccc(F)c1CC)C(=O)NCC2. The number of benzene rings is 1. The third-order valence-electron chi connectivity index (χ3n) is 7.26. The number of ether oxygens (including phenoxy) is 1. The summed E-state index contributed by atoms with van der Waals surface area (Å²) >= 11 is 0. The number of aromatic nitrogens is 2. The van der Waals surface area contributed by atoms with Crippen molar-refractivity contribution in [3.05, 3.63) is 72.0 Å². The average Bonchev–Trinajstić information content (AvgIpc) is 3.26. The second kappa shape index (κ2) is 9.72. The zero-order valence-corrected chi connectivity index (χ0v) is 21.0. The third kappa shape index (κ3) is 4.34. The molecule has 2 aromatic heterocycles. The van der Waals surface area contributed by atoms with Crippen molar-refractivity contribution >= 4 is 23.2 Å². The Balaban J connectivity index is 1.54.